The average Bonchev–Trinajstić information content (AvgIpc) is 3.29. The molecule has 0 bridgehead atoms. The van der Waals surface area contributed by atoms with Crippen LogP contribution in [0.15, 0.2) is 52.1 Å². The van der Waals surface area contributed by atoms with Crippen LogP contribution in [0.25, 0.3) is 11.5 Å². The van der Waals surface area contributed by atoms with Gasteiger partial charge in [0.05, 0.1) is 16.3 Å². The highest BCUT2D eigenvalue weighted by atomic mass is 35.5. The van der Waals surface area contributed by atoms with E-state index in [1.807, 2.05) is 12.1 Å². The Kier molecular flexibility index (Phi) is 4.68. The minimum Gasteiger partial charge on any atom is -0.454 e. The SMILES string of the molecule is O=C(CSc1nnc(-c2ccccc2Cl)o1)Nc1ccc2c(c1)OCO2. The standard InChI is InChI=1S/C17H12ClN3O4S/c18-12-4-2-1-3-11(12)16-20-21-17(25-16)26-8-15(22)19-10-5-6-13-14(7-10)24-9-23-13/h1-7H,8-9H2,(H,19,22). The molecule has 1 amide bonds. The predicted octanol–water partition coefficient (Wildman–Crippen LogP) is 3.85. The van der Waals surface area contributed by atoms with Crippen LogP contribution in [0.1, 0.15) is 0 Å². The van der Waals surface area contributed by atoms with Crippen molar-refractivity contribution in [2.75, 3.05) is 17.9 Å². The van der Waals surface area contributed by atoms with E-state index in [1.54, 1.807) is 30.3 Å². The Labute approximate surface area is 157 Å². The summed E-state index contributed by atoms with van der Waals surface area (Å²) < 4.78 is 16.1. The number of hydrogen-bond donors (Lipinski definition) is 1. The van der Waals surface area contributed by atoms with E-state index in [4.69, 9.17) is 25.5 Å². The highest BCUT2D eigenvalue weighted by Gasteiger charge is 2.16. The summed E-state index contributed by atoms with van der Waals surface area (Å²) in [6, 6.07) is 12.4. The molecule has 1 aliphatic rings. The summed E-state index contributed by atoms with van der Waals surface area (Å²) in [4.78, 5) is 12.1. The lowest BCUT2D eigenvalue weighted by Gasteiger charge is -2.05. The lowest BCUT2D eigenvalue weighted by atomic mass is 10.2. The van der Waals surface area contributed by atoms with Crippen molar-refractivity contribution >= 4 is 35.0 Å². The summed E-state index contributed by atoms with van der Waals surface area (Å²) in [7, 11) is 0. The highest BCUT2D eigenvalue weighted by Crippen LogP contribution is 2.34. The number of rotatable bonds is 5. The minimum atomic E-state index is -0.202. The summed E-state index contributed by atoms with van der Waals surface area (Å²) in [5, 5.41) is 11.5. The molecule has 9 heteroatoms. The van der Waals surface area contributed by atoms with Gasteiger partial charge in [0.15, 0.2) is 11.5 Å². The van der Waals surface area contributed by atoms with Crippen LogP contribution in [0.4, 0.5) is 5.69 Å². The van der Waals surface area contributed by atoms with Gasteiger partial charge in [-0.15, -0.1) is 10.2 Å². The van der Waals surface area contributed by atoms with Crippen LogP contribution in [-0.2, 0) is 4.79 Å². The monoisotopic (exact) mass is 389 g/mol. The first-order chi connectivity index (χ1) is 12.7. The van der Waals surface area contributed by atoms with E-state index in [9.17, 15) is 4.79 Å². The van der Waals surface area contributed by atoms with Gasteiger partial charge in [0.25, 0.3) is 5.22 Å². The molecular formula is C17H12ClN3O4S. The Balaban J connectivity index is 1.36. The van der Waals surface area contributed by atoms with E-state index in [0.717, 1.165) is 11.8 Å². The third kappa shape index (κ3) is 3.61. The Bertz CT molecular complexity index is 963. The molecule has 0 unspecified atom stereocenters. The van der Waals surface area contributed by atoms with Crippen LogP contribution < -0.4 is 14.8 Å². The molecule has 132 valence electrons. The van der Waals surface area contributed by atoms with Gasteiger partial charge < -0.3 is 19.2 Å². The van der Waals surface area contributed by atoms with Crippen molar-refractivity contribution in [2.24, 2.45) is 0 Å². The van der Waals surface area contributed by atoms with Crippen molar-refractivity contribution in [3.8, 4) is 23.0 Å². The first kappa shape index (κ1) is 16.7. The number of hydrogen-bond acceptors (Lipinski definition) is 7. The number of nitrogens with zero attached hydrogens (tertiary/aromatic N) is 2. The molecule has 1 N–H and O–H groups in total. The van der Waals surface area contributed by atoms with Crippen LogP contribution in [0.3, 0.4) is 0 Å². The van der Waals surface area contributed by atoms with Gasteiger partial charge in [0, 0.05) is 11.8 Å². The summed E-state index contributed by atoms with van der Waals surface area (Å²) in [5.74, 6) is 1.51. The number of carbonyl (C=O) groups excluding carboxylic acids is 1. The van der Waals surface area contributed by atoms with E-state index in [2.05, 4.69) is 15.5 Å². The Morgan fingerprint density at radius 1 is 1.15 bits per heavy atom. The van der Waals surface area contributed by atoms with Crippen molar-refractivity contribution in [1.82, 2.24) is 10.2 Å². The zero-order valence-electron chi connectivity index (χ0n) is 13.3. The van der Waals surface area contributed by atoms with Gasteiger partial charge in [-0.1, -0.05) is 35.5 Å². The Morgan fingerprint density at radius 2 is 2.00 bits per heavy atom. The zero-order chi connectivity index (χ0) is 17.9. The number of thioether (sulfide) groups is 1. The molecule has 0 radical (unpaired) electrons. The molecule has 0 saturated carbocycles. The van der Waals surface area contributed by atoms with Gasteiger partial charge in [0.1, 0.15) is 0 Å². The lowest BCUT2D eigenvalue weighted by molar-refractivity contribution is -0.113. The molecule has 3 aromatic rings. The molecule has 0 saturated heterocycles. The molecule has 4 rings (SSSR count). The van der Waals surface area contributed by atoms with E-state index < -0.39 is 0 Å². The highest BCUT2D eigenvalue weighted by molar-refractivity contribution is 7.99. The second-order valence-corrected chi connectivity index (χ2v) is 6.59. The first-order valence-corrected chi connectivity index (χ1v) is 8.96. The number of ether oxygens (including phenoxy) is 2. The second kappa shape index (κ2) is 7.27. The third-order valence-corrected chi connectivity index (χ3v) is 4.64. The first-order valence-electron chi connectivity index (χ1n) is 7.60. The van der Waals surface area contributed by atoms with E-state index in [-0.39, 0.29) is 18.5 Å². The molecule has 0 aliphatic carbocycles. The predicted molar refractivity (Wildman–Crippen MR) is 96.7 cm³/mol. The molecular weight excluding hydrogens is 378 g/mol. The summed E-state index contributed by atoms with van der Waals surface area (Å²) in [6.07, 6.45) is 0. The van der Waals surface area contributed by atoms with Crippen LogP contribution in [0.5, 0.6) is 11.5 Å². The quantitative estimate of drug-likeness (QED) is 0.663. The van der Waals surface area contributed by atoms with Gasteiger partial charge in [-0.2, -0.15) is 0 Å². The second-order valence-electron chi connectivity index (χ2n) is 5.26. The topological polar surface area (TPSA) is 86.5 Å². The molecule has 26 heavy (non-hydrogen) atoms. The maximum Gasteiger partial charge on any atom is 0.277 e. The van der Waals surface area contributed by atoms with Gasteiger partial charge >= 0.3 is 0 Å². The largest absolute Gasteiger partial charge is 0.454 e. The van der Waals surface area contributed by atoms with Crippen molar-refractivity contribution in [2.45, 2.75) is 5.22 Å². The molecule has 0 spiro atoms. The van der Waals surface area contributed by atoms with Gasteiger partial charge in [-0.25, -0.2) is 0 Å². The Morgan fingerprint density at radius 3 is 2.88 bits per heavy atom. The van der Waals surface area contributed by atoms with Crippen LogP contribution in [-0.4, -0.2) is 28.7 Å². The summed E-state index contributed by atoms with van der Waals surface area (Å²) in [5.41, 5.74) is 1.28. The number of benzene rings is 2. The fourth-order valence-corrected chi connectivity index (χ4v) is 3.09. The maximum absolute atomic E-state index is 12.1. The number of halogens is 1. The van der Waals surface area contributed by atoms with Crippen molar-refractivity contribution < 1.29 is 18.7 Å². The number of fused-ring (bicyclic) bond motifs is 1. The average molecular weight is 390 g/mol. The van der Waals surface area contributed by atoms with Gasteiger partial charge in [-0.3, -0.25) is 4.79 Å². The van der Waals surface area contributed by atoms with Crippen molar-refractivity contribution in [1.29, 1.82) is 0 Å². The number of anilines is 1. The number of carbonyl (C=O) groups is 1. The van der Waals surface area contributed by atoms with Crippen molar-refractivity contribution in [3.63, 3.8) is 0 Å². The van der Waals surface area contributed by atoms with E-state index >= 15 is 0 Å². The molecule has 2 heterocycles. The molecule has 7 nitrogen and oxygen atoms in total. The summed E-state index contributed by atoms with van der Waals surface area (Å²) >= 11 is 7.25. The molecule has 1 aromatic heterocycles. The zero-order valence-corrected chi connectivity index (χ0v) is 14.8. The fourth-order valence-electron chi connectivity index (χ4n) is 2.31. The van der Waals surface area contributed by atoms with Crippen LogP contribution in [0, 0.1) is 0 Å². The molecule has 0 atom stereocenters. The smallest absolute Gasteiger partial charge is 0.277 e. The van der Waals surface area contributed by atoms with E-state index in [1.165, 1.54) is 0 Å². The van der Waals surface area contributed by atoms with Crippen LogP contribution >= 0.6 is 23.4 Å². The molecule has 2 aromatic carbocycles. The minimum absolute atomic E-state index is 0.124. The van der Waals surface area contributed by atoms with E-state index in [0.29, 0.717) is 38.9 Å². The Hall–Kier alpha value is -2.71. The number of nitrogens with one attached hydrogen (secondary N) is 1. The fraction of sp³-hybridized carbons (Fsp3) is 0.118. The summed E-state index contributed by atoms with van der Waals surface area (Å²) in [6.45, 7) is 0.188. The third-order valence-electron chi connectivity index (χ3n) is 3.49. The van der Waals surface area contributed by atoms with Crippen LogP contribution in [0.2, 0.25) is 5.02 Å². The molecule has 0 fully saturated rings. The van der Waals surface area contributed by atoms with Crippen molar-refractivity contribution in [3.05, 3.63) is 47.5 Å². The number of amides is 1. The maximum atomic E-state index is 12.1. The molecule has 1 aliphatic heterocycles. The normalized spacial score (nSPS) is 12.2. The van der Waals surface area contributed by atoms with Gasteiger partial charge in [0.2, 0.25) is 18.6 Å². The number of aromatic nitrogens is 2. The lowest BCUT2D eigenvalue weighted by Crippen LogP contribution is -2.13. The van der Waals surface area contributed by atoms with Gasteiger partial charge in [-0.05, 0) is 24.3 Å².